The fourth-order valence-electron chi connectivity index (χ4n) is 2.23. The Balaban J connectivity index is 0. The van der Waals surface area contributed by atoms with Crippen LogP contribution in [0, 0.1) is 0 Å². The topological polar surface area (TPSA) is 9.23 Å². The van der Waals surface area contributed by atoms with E-state index < -0.39 is 0 Å². The average Bonchev–Trinajstić information content (AvgIpc) is 2.46. The van der Waals surface area contributed by atoms with E-state index in [9.17, 15) is 0 Å². The number of rotatable bonds is 5. The number of halogens is 2. The van der Waals surface area contributed by atoms with E-state index in [0.29, 0.717) is 5.92 Å². The van der Waals surface area contributed by atoms with E-state index >= 15 is 0 Å². The molecular weight excluding hydrogens is 404 g/mol. The van der Waals surface area contributed by atoms with Crippen LogP contribution in [0.15, 0.2) is 54.6 Å². The Morgan fingerprint density at radius 1 is 0.905 bits per heavy atom. The summed E-state index contributed by atoms with van der Waals surface area (Å²) in [4.78, 5) is 0. The summed E-state index contributed by atoms with van der Waals surface area (Å²) in [6.45, 7) is 2.28. The molecule has 0 aliphatic heterocycles. The van der Waals surface area contributed by atoms with Crippen molar-refractivity contribution in [2.24, 2.45) is 0 Å². The Morgan fingerprint density at radius 3 is 2.10 bits per heavy atom. The van der Waals surface area contributed by atoms with Gasteiger partial charge in [-0.15, -0.1) is 0 Å². The van der Waals surface area contributed by atoms with Crippen LogP contribution in [0.3, 0.4) is 0 Å². The third-order valence-corrected chi connectivity index (χ3v) is 3.41. The molecule has 0 aromatic heterocycles. The molecule has 0 N–H and O–H groups in total. The van der Waals surface area contributed by atoms with Gasteiger partial charge in [0.25, 0.3) is 0 Å². The van der Waals surface area contributed by atoms with Gasteiger partial charge in [-0.25, -0.2) is 0 Å². The summed E-state index contributed by atoms with van der Waals surface area (Å²) in [5.74, 6) is 1.58. The molecule has 2 aromatic rings. The van der Waals surface area contributed by atoms with Gasteiger partial charge in [-0.2, -0.15) is 0 Å². The van der Waals surface area contributed by atoms with Crippen molar-refractivity contribution in [1.29, 1.82) is 0 Å². The van der Waals surface area contributed by atoms with E-state index in [1.165, 1.54) is 11.1 Å². The molecule has 2 rings (SSSR count). The normalized spacial score (nSPS) is 10.4. The average molecular weight is 424 g/mol. The third-order valence-electron chi connectivity index (χ3n) is 3.41. The van der Waals surface area contributed by atoms with Gasteiger partial charge in [0.15, 0.2) is 0 Å². The molecule has 0 aliphatic rings. The SMILES string of the molecule is COc1ccccc1CCC(C)c1ccccc1.[Br-].[Br-].[Mg+2]. The van der Waals surface area contributed by atoms with Gasteiger partial charge < -0.3 is 38.7 Å². The predicted octanol–water partition coefficient (Wildman–Crippen LogP) is -1.94. The summed E-state index contributed by atoms with van der Waals surface area (Å²) in [6.07, 6.45) is 2.20. The van der Waals surface area contributed by atoms with Crippen LogP contribution < -0.4 is 38.7 Å². The molecule has 0 saturated heterocycles. The molecule has 21 heavy (non-hydrogen) atoms. The summed E-state index contributed by atoms with van der Waals surface area (Å²) in [6, 6.07) is 19.0. The Morgan fingerprint density at radius 2 is 1.48 bits per heavy atom. The van der Waals surface area contributed by atoms with Crippen LogP contribution in [-0.2, 0) is 6.42 Å². The fourth-order valence-corrected chi connectivity index (χ4v) is 2.23. The Labute approximate surface area is 165 Å². The zero-order valence-electron chi connectivity index (χ0n) is 12.6. The number of hydrogen-bond donors (Lipinski definition) is 0. The molecule has 0 amide bonds. The summed E-state index contributed by atoms with van der Waals surface area (Å²) >= 11 is 0. The molecule has 110 valence electrons. The van der Waals surface area contributed by atoms with Gasteiger partial charge in [0.2, 0.25) is 0 Å². The summed E-state index contributed by atoms with van der Waals surface area (Å²) in [5, 5.41) is 0. The molecule has 0 bridgehead atoms. The minimum atomic E-state index is 0. The van der Waals surface area contributed by atoms with Crippen molar-refractivity contribution < 1.29 is 38.7 Å². The monoisotopic (exact) mass is 422 g/mol. The van der Waals surface area contributed by atoms with E-state index in [1.54, 1.807) is 7.11 Å². The molecule has 1 atom stereocenters. The number of ether oxygens (including phenoxy) is 1. The van der Waals surface area contributed by atoms with E-state index in [0.717, 1.165) is 18.6 Å². The zero-order valence-corrected chi connectivity index (χ0v) is 17.1. The first-order chi connectivity index (χ1) is 8.81. The molecule has 0 aliphatic carbocycles. The molecule has 0 saturated carbocycles. The van der Waals surface area contributed by atoms with Crippen molar-refractivity contribution in [2.45, 2.75) is 25.7 Å². The zero-order chi connectivity index (χ0) is 12.8. The number of hydrogen-bond acceptors (Lipinski definition) is 1. The second kappa shape index (κ2) is 12.5. The van der Waals surface area contributed by atoms with Crippen molar-refractivity contribution in [2.75, 3.05) is 7.11 Å². The molecule has 2 aromatic carbocycles. The second-order valence-electron chi connectivity index (χ2n) is 4.66. The van der Waals surface area contributed by atoms with Crippen molar-refractivity contribution >= 4 is 23.1 Å². The maximum Gasteiger partial charge on any atom is 2.00 e. The number of aryl methyl sites for hydroxylation is 1. The largest absolute Gasteiger partial charge is 2.00 e. The number of benzene rings is 2. The quantitative estimate of drug-likeness (QED) is 0.508. The minimum Gasteiger partial charge on any atom is -1.00 e. The number of para-hydroxylation sites is 1. The standard InChI is InChI=1S/C17H20O.2BrH.Mg/c1-14(15-8-4-3-5-9-15)12-13-16-10-6-7-11-17(16)18-2;;;/h3-11,14H,12-13H2,1-2H3;2*1H;/q;;;+2/p-2. The van der Waals surface area contributed by atoms with Gasteiger partial charge in [0, 0.05) is 0 Å². The maximum absolute atomic E-state index is 5.38. The van der Waals surface area contributed by atoms with Crippen molar-refractivity contribution in [1.82, 2.24) is 0 Å². The Bertz CT molecular complexity index is 491. The summed E-state index contributed by atoms with van der Waals surface area (Å²) in [7, 11) is 1.74. The molecule has 0 spiro atoms. The first-order valence-corrected chi connectivity index (χ1v) is 6.48. The molecule has 1 unspecified atom stereocenters. The minimum absolute atomic E-state index is 0. The van der Waals surface area contributed by atoms with Crippen molar-refractivity contribution in [3.8, 4) is 5.75 Å². The van der Waals surface area contributed by atoms with Crippen LogP contribution in [0.25, 0.3) is 0 Å². The van der Waals surface area contributed by atoms with Gasteiger partial charge >= 0.3 is 23.1 Å². The molecule has 0 fully saturated rings. The molecule has 0 radical (unpaired) electrons. The molecular formula is C17H20Br2MgO. The maximum atomic E-state index is 5.38. The molecule has 1 nitrogen and oxygen atoms in total. The van der Waals surface area contributed by atoms with Crippen molar-refractivity contribution in [3.63, 3.8) is 0 Å². The van der Waals surface area contributed by atoms with Gasteiger partial charge in [-0.1, -0.05) is 55.5 Å². The Hall–Kier alpha value is -0.0338. The van der Waals surface area contributed by atoms with E-state index in [1.807, 2.05) is 12.1 Å². The summed E-state index contributed by atoms with van der Waals surface area (Å²) < 4.78 is 5.38. The van der Waals surface area contributed by atoms with Gasteiger partial charge in [0.1, 0.15) is 5.75 Å². The van der Waals surface area contributed by atoms with Crippen LogP contribution in [-0.4, -0.2) is 30.2 Å². The van der Waals surface area contributed by atoms with E-state index in [2.05, 4.69) is 49.4 Å². The van der Waals surface area contributed by atoms with E-state index in [-0.39, 0.29) is 57.0 Å². The van der Waals surface area contributed by atoms with Gasteiger partial charge in [-0.05, 0) is 36.0 Å². The third kappa shape index (κ3) is 7.18. The Kier molecular flexibility index (Phi) is 13.8. The molecule has 0 heterocycles. The van der Waals surface area contributed by atoms with Gasteiger partial charge in [-0.3, -0.25) is 0 Å². The van der Waals surface area contributed by atoms with Crippen molar-refractivity contribution in [3.05, 3.63) is 65.7 Å². The van der Waals surface area contributed by atoms with Crippen LogP contribution in [0.1, 0.15) is 30.4 Å². The van der Waals surface area contributed by atoms with Crippen LogP contribution in [0.4, 0.5) is 0 Å². The van der Waals surface area contributed by atoms with Crippen LogP contribution in [0.2, 0.25) is 0 Å². The van der Waals surface area contributed by atoms with Gasteiger partial charge in [0.05, 0.1) is 7.11 Å². The molecule has 4 heteroatoms. The second-order valence-corrected chi connectivity index (χ2v) is 4.66. The van der Waals surface area contributed by atoms with Crippen LogP contribution >= 0.6 is 0 Å². The first kappa shape index (κ1) is 23.2. The smallest absolute Gasteiger partial charge is 1.00 e. The number of methoxy groups -OCH3 is 1. The fraction of sp³-hybridized carbons (Fsp3) is 0.294. The summed E-state index contributed by atoms with van der Waals surface area (Å²) in [5.41, 5.74) is 2.70. The first-order valence-electron chi connectivity index (χ1n) is 6.48. The predicted molar refractivity (Wildman–Crippen MR) is 81.9 cm³/mol. The van der Waals surface area contributed by atoms with E-state index in [4.69, 9.17) is 4.74 Å². The van der Waals surface area contributed by atoms with Crippen LogP contribution in [0.5, 0.6) is 5.75 Å².